The van der Waals surface area contributed by atoms with Crippen LogP contribution in [0.1, 0.15) is 43.4 Å². The lowest BCUT2D eigenvalue weighted by Crippen LogP contribution is -2.43. The van der Waals surface area contributed by atoms with E-state index in [1.54, 1.807) is 0 Å². The number of rotatable bonds is 3. The van der Waals surface area contributed by atoms with Gasteiger partial charge in [-0.3, -0.25) is 4.98 Å². The summed E-state index contributed by atoms with van der Waals surface area (Å²) in [4.78, 5) is 4.21. The normalized spacial score (nSPS) is 31.6. The van der Waals surface area contributed by atoms with Gasteiger partial charge in [-0.15, -0.1) is 0 Å². The molecule has 1 aromatic rings. The summed E-state index contributed by atoms with van der Waals surface area (Å²) in [5.74, 6) is 0.471. The van der Waals surface area contributed by atoms with Gasteiger partial charge in [0.1, 0.15) is 0 Å². The van der Waals surface area contributed by atoms with E-state index in [9.17, 15) is 0 Å². The van der Waals surface area contributed by atoms with Crippen molar-refractivity contribution in [1.29, 1.82) is 0 Å². The third kappa shape index (κ3) is 2.60. The monoisotopic (exact) mass is 276 g/mol. The molecule has 2 aliphatic rings. The highest BCUT2D eigenvalue weighted by molar-refractivity contribution is 5.27. The van der Waals surface area contributed by atoms with E-state index in [-0.39, 0.29) is 11.6 Å². The Morgan fingerprint density at radius 3 is 3.15 bits per heavy atom. The Hall–Kier alpha value is -0.970. The second kappa shape index (κ2) is 5.80. The zero-order chi connectivity index (χ0) is 14.0. The van der Waals surface area contributed by atoms with Gasteiger partial charge in [-0.1, -0.05) is 6.92 Å². The lowest BCUT2D eigenvalue weighted by Gasteiger charge is -2.39. The van der Waals surface area contributed by atoms with Crippen molar-refractivity contribution >= 4 is 0 Å². The molecule has 0 bridgehead atoms. The van der Waals surface area contributed by atoms with Gasteiger partial charge in [-0.05, 0) is 42.4 Å². The van der Waals surface area contributed by atoms with Crippen LogP contribution in [0.25, 0.3) is 0 Å². The van der Waals surface area contributed by atoms with Gasteiger partial charge < -0.3 is 15.2 Å². The molecule has 2 N–H and O–H groups in total. The average molecular weight is 276 g/mol. The quantitative estimate of drug-likeness (QED) is 0.919. The number of hydrogen-bond donors (Lipinski definition) is 1. The second-order valence-electron chi connectivity index (χ2n) is 6.04. The number of aryl methyl sites for hydroxylation is 1. The van der Waals surface area contributed by atoms with Crippen molar-refractivity contribution in [2.24, 2.45) is 11.7 Å². The first-order valence-electron chi connectivity index (χ1n) is 7.64. The predicted molar refractivity (Wildman–Crippen MR) is 77.4 cm³/mol. The van der Waals surface area contributed by atoms with Gasteiger partial charge in [0.05, 0.1) is 12.2 Å². The summed E-state index contributed by atoms with van der Waals surface area (Å²) in [5.41, 5.74) is 9.02. The van der Waals surface area contributed by atoms with Crippen LogP contribution in [-0.2, 0) is 15.9 Å². The topological polar surface area (TPSA) is 57.4 Å². The van der Waals surface area contributed by atoms with Gasteiger partial charge in [0, 0.05) is 38.1 Å². The van der Waals surface area contributed by atoms with Crippen LogP contribution in [0.4, 0.5) is 0 Å². The molecule has 1 aromatic heterocycles. The fraction of sp³-hybridized carbons (Fsp3) is 0.688. The first-order chi connectivity index (χ1) is 9.74. The molecule has 3 unspecified atom stereocenters. The first-order valence-corrected chi connectivity index (χ1v) is 7.64. The molecule has 2 saturated heterocycles. The summed E-state index contributed by atoms with van der Waals surface area (Å²) >= 11 is 0. The van der Waals surface area contributed by atoms with Crippen LogP contribution in [0.2, 0.25) is 0 Å². The molecule has 0 saturated carbocycles. The summed E-state index contributed by atoms with van der Waals surface area (Å²) in [5, 5.41) is 0. The van der Waals surface area contributed by atoms with Gasteiger partial charge in [-0.2, -0.15) is 0 Å². The van der Waals surface area contributed by atoms with E-state index in [0.717, 1.165) is 45.5 Å². The Morgan fingerprint density at radius 2 is 2.40 bits per heavy atom. The van der Waals surface area contributed by atoms with E-state index in [1.807, 2.05) is 12.4 Å². The molecule has 0 amide bonds. The lowest BCUT2D eigenvalue weighted by atomic mass is 9.78. The van der Waals surface area contributed by atoms with Gasteiger partial charge in [-0.25, -0.2) is 0 Å². The van der Waals surface area contributed by atoms with Crippen molar-refractivity contribution < 1.29 is 9.47 Å². The maximum absolute atomic E-state index is 6.57. The minimum atomic E-state index is -0.0695. The molecule has 3 atom stereocenters. The van der Waals surface area contributed by atoms with E-state index < -0.39 is 0 Å². The number of nitrogens with zero attached hydrogens (tertiary/aromatic N) is 1. The highest BCUT2D eigenvalue weighted by atomic mass is 16.6. The van der Waals surface area contributed by atoms with E-state index in [1.165, 1.54) is 11.1 Å². The Labute approximate surface area is 120 Å². The highest BCUT2D eigenvalue weighted by Crippen LogP contribution is 2.40. The summed E-state index contributed by atoms with van der Waals surface area (Å²) in [6.45, 7) is 4.50. The fourth-order valence-corrected chi connectivity index (χ4v) is 3.55. The van der Waals surface area contributed by atoms with Crippen LogP contribution in [0, 0.1) is 5.92 Å². The molecule has 3 rings (SSSR count). The highest BCUT2D eigenvalue weighted by Gasteiger charge is 2.42. The zero-order valence-corrected chi connectivity index (χ0v) is 12.2. The molecule has 4 heteroatoms. The average Bonchev–Trinajstić information content (AvgIpc) is 2.94. The van der Waals surface area contributed by atoms with Crippen molar-refractivity contribution in [1.82, 2.24) is 4.98 Å². The smallest absolute Gasteiger partial charge is 0.0940 e. The van der Waals surface area contributed by atoms with Gasteiger partial charge in [0.25, 0.3) is 0 Å². The number of ether oxygens (including phenoxy) is 2. The third-order valence-electron chi connectivity index (χ3n) is 4.79. The Morgan fingerprint density at radius 1 is 1.50 bits per heavy atom. The molecule has 4 nitrogen and oxygen atoms in total. The summed E-state index contributed by atoms with van der Waals surface area (Å²) in [7, 11) is 0. The van der Waals surface area contributed by atoms with Crippen molar-refractivity contribution in [3.63, 3.8) is 0 Å². The molecule has 2 fully saturated rings. The van der Waals surface area contributed by atoms with E-state index >= 15 is 0 Å². The van der Waals surface area contributed by atoms with Crippen LogP contribution in [0.5, 0.6) is 0 Å². The maximum Gasteiger partial charge on any atom is 0.0940 e. The van der Waals surface area contributed by atoms with Gasteiger partial charge >= 0.3 is 0 Å². The largest absolute Gasteiger partial charge is 0.378 e. The van der Waals surface area contributed by atoms with E-state index in [2.05, 4.69) is 18.0 Å². The molecular formula is C16H24N2O2. The fourth-order valence-electron chi connectivity index (χ4n) is 3.55. The minimum absolute atomic E-state index is 0.0695. The molecule has 3 heterocycles. The molecule has 0 aromatic carbocycles. The molecule has 0 aliphatic carbocycles. The van der Waals surface area contributed by atoms with Gasteiger partial charge in [0.2, 0.25) is 0 Å². The van der Waals surface area contributed by atoms with Crippen LogP contribution in [0.3, 0.4) is 0 Å². The van der Waals surface area contributed by atoms with Crippen LogP contribution in [-0.4, -0.2) is 30.4 Å². The lowest BCUT2D eigenvalue weighted by molar-refractivity contribution is -0.101. The second-order valence-corrected chi connectivity index (χ2v) is 6.04. The standard InChI is InChI=1S/C16H24N2O2/c1-2-12-10-18-6-3-14(12)15(17)13-4-7-20-16(9-13)5-8-19-11-16/h3,6,10,13,15H,2,4-5,7-9,11,17H2,1H3. The summed E-state index contributed by atoms with van der Waals surface area (Å²) in [6.07, 6.45) is 7.83. The maximum atomic E-state index is 6.57. The summed E-state index contributed by atoms with van der Waals surface area (Å²) in [6, 6.07) is 2.16. The molecule has 20 heavy (non-hydrogen) atoms. The van der Waals surface area contributed by atoms with Crippen molar-refractivity contribution in [3.05, 3.63) is 29.6 Å². The van der Waals surface area contributed by atoms with Crippen LogP contribution < -0.4 is 5.73 Å². The molecule has 110 valence electrons. The van der Waals surface area contributed by atoms with Crippen LogP contribution >= 0.6 is 0 Å². The third-order valence-corrected chi connectivity index (χ3v) is 4.79. The Bertz CT molecular complexity index is 458. The number of aromatic nitrogens is 1. The SMILES string of the molecule is CCc1cnccc1C(N)C1CCOC2(CCOC2)C1. The molecule has 0 radical (unpaired) electrons. The summed E-state index contributed by atoms with van der Waals surface area (Å²) < 4.78 is 11.5. The Kier molecular flexibility index (Phi) is 4.06. The van der Waals surface area contributed by atoms with E-state index in [0.29, 0.717) is 5.92 Å². The van der Waals surface area contributed by atoms with Crippen molar-refractivity contribution in [2.75, 3.05) is 19.8 Å². The number of hydrogen-bond acceptors (Lipinski definition) is 4. The molecule has 1 spiro atoms. The first kappa shape index (κ1) is 14.0. The van der Waals surface area contributed by atoms with Crippen molar-refractivity contribution in [2.45, 2.75) is 44.2 Å². The zero-order valence-electron chi connectivity index (χ0n) is 12.2. The minimum Gasteiger partial charge on any atom is -0.378 e. The van der Waals surface area contributed by atoms with Crippen molar-refractivity contribution in [3.8, 4) is 0 Å². The Balaban J connectivity index is 1.77. The predicted octanol–water partition coefficient (Wildman–Crippen LogP) is 2.23. The number of nitrogens with two attached hydrogens (primary N) is 1. The molecular weight excluding hydrogens is 252 g/mol. The molecule has 2 aliphatic heterocycles. The van der Waals surface area contributed by atoms with Crippen LogP contribution in [0.15, 0.2) is 18.5 Å². The van der Waals surface area contributed by atoms with Gasteiger partial charge in [0.15, 0.2) is 0 Å². The van der Waals surface area contributed by atoms with E-state index in [4.69, 9.17) is 15.2 Å². The number of pyridine rings is 1.